The Labute approximate surface area is 123 Å². The van der Waals surface area contributed by atoms with E-state index in [-0.39, 0.29) is 17.5 Å². The van der Waals surface area contributed by atoms with Crippen LogP contribution in [0.25, 0.3) is 0 Å². The molecule has 0 spiro atoms. The minimum atomic E-state index is -1.54. The van der Waals surface area contributed by atoms with E-state index in [0.29, 0.717) is 11.1 Å². The van der Waals surface area contributed by atoms with Crippen molar-refractivity contribution in [2.45, 2.75) is 12.7 Å². The lowest BCUT2D eigenvalue weighted by Crippen LogP contribution is -2.43. The van der Waals surface area contributed by atoms with E-state index in [1.165, 1.54) is 19.3 Å². The summed E-state index contributed by atoms with van der Waals surface area (Å²) in [6, 6.07) is 0. The molecule has 0 amide bonds. The van der Waals surface area contributed by atoms with Crippen LogP contribution in [0.4, 0.5) is 0 Å². The Morgan fingerprint density at radius 2 is 2.25 bits per heavy atom. The fourth-order valence-electron chi connectivity index (χ4n) is 1.73. The monoisotopic (exact) mass is 294 g/mol. The summed E-state index contributed by atoms with van der Waals surface area (Å²) in [5.74, 6) is -1.87. The second kappa shape index (κ2) is 7.38. The third kappa shape index (κ3) is 3.56. The van der Waals surface area contributed by atoms with Gasteiger partial charge in [0.25, 0.3) is 5.79 Å². The van der Waals surface area contributed by atoms with E-state index in [4.69, 9.17) is 9.47 Å². The van der Waals surface area contributed by atoms with Crippen LogP contribution in [-0.2, 0) is 19.1 Å². The van der Waals surface area contributed by atoms with Gasteiger partial charge in [-0.1, -0.05) is 36.6 Å². The average molecular weight is 294 g/mol. The molecule has 4 nitrogen and oxygen atoms in total. The van der Waals surface area contributed by atoms with E-state index in [0.717, 1.165) is 11.8 Å². The zero-order valence-electron chi connectivity index (χ0n) is 11.8. The third-order valence-electron chi connectivity index (χ3n) is 2.82. The van der Waals surface area contributed by atoms with Crippen LogP contribution in [0, 0.1) is 0 Å². The second-order valence-corrected chi connectivity index (χ2v) is 4.87. The van der Waals surface area contributed by atoms with E-state index in [2.05, 4.69) is 6.58 Å². The molecule has 1 atom stereocenters. The maximum atomic E-state index is 12.1. The smallest absolute Gasteiger partial charge is 0.254 e. The molecule has 0 aromatic rings. The van der Waals surface area contributed by atoms with E-state index >= 15 is 0 Å². The van der Waals surface area contributed by atoms with Crippen LogP contribution >= 0.6 is 11.8 Å². The lowest BCUT2D eigenvalue weighted by Gasteiger charge is -2.30. The van der Waals surface area contributed by atoms with Crippen LogP contribution in [0.3, 0.4) is 0 Å². The van der Waals surface area contributed by atoms with E-state index < -0.39 is 5.79 Å². The van der Waals surface area contributed by atoms with Crippen molar-refractivity contribution in [3.8, 4) is 0 Å². The summed E-state index contributed by atoms with van der Waals surface area (Å²) in [7, 11) is 1.38. The maximum Gasteiger partial charge on any atom is 0.254 e. The first-order chi connectivity index (χ1) is 9.50. The van der Waals surface area contributed by atoms with Crippen molar-refractivity contribution >= 4 is 22.7 Å². The molecular weight excluding hydrogens is 276 g/mol. The molecule has 20 heavy (non-hydrogen) atoms. The SMILES string of the molecule is C=C/C=C/COC1(OC)C=C(C(=O)SC)C(C)=CC1=O. The van der Waals surface area contributed by atoms with Crippen LogP contribution in [0.5, 0.6) is 0 Å². The molecule has 0 saturated carbocycles. The number of rotatable bonds is 6. The van der Waals surface area contributed by atoms with Crippen molar-refractivity contribution < 1.29 is 19.1 Å². The molecule has 1 rings (SSSR count). The molecule has 0 radical (unpaired) electrons. The Balaban J connectivity index is 3.07. The summed E-state index contributed by atoms with van der Waals surface area (Å²) >= 11 is 1.08. The Morgan fingerprint density at radius 3 is 2.80 bits per heavy atom. The van der Waals surface area contributed by atoms with Crippen LogP contribution in [-0.4, -0.2) is 36.7 Å². The minimum Gasteiger partial charge on any atom is -0.343 e. The molecule has 1 aliphatic rings. The average Bonchev–Trinajstić information content (AvgIpc) is 2.45. The van der Waals surface area contributed by atoms with Crippen LogP contribution in [0.15, 0.2) is 48.1 Å². The van der Waals surface area contributed by atoms with Crippen LogP contribution in [0.1, 0.15) is 6.92 Å². The molecule has 108 valence electrons. The van der Waals surface area contributed by atoms with E-state index in [1.807, 2.05) is 0 Å². The zero-order valence-corrected chi connectivity index (χ0v) is 12.7. The molecule has 1 aliphatic carbocycles. The molecule has 0 N–H and O–H groups in total. The number of ketones is 1. The van der Waals surface area contributed by atoms with Gasteiger partial charge >= 0.3 is 0 Å². The summed E-state index contributed by atoms with van der Waals surface area (Å²) in [4.78, 5) is 24.0. The summed E-state index contributed by atoms with van der Waals surface area (Å²) in [6.07, 6.45) is 9.53. The van der Waals surface area contributed by atoms with Gasteiger partial charge in [0.05, 0.1) is 6.61 Å². The predicted octanol–water partition coefficient (Wildman–Crippen LogP) is 2.43. The fraction of sp³-hybridized carbons (Fsp3) is 0.333. The van der Waals surface area contributed by atoms with Gasteiger partial charge in [-0.3, -0.25) is 9.59 Å². The zero-order chi connectivity index (χ0) is 15.2. The Kier molecular flexibility index (Phi) is 6.13. The van der Waals surface area contributed by atoms with Gasteiger partial charge in [-0.15, -0.1) is 0 Å². The first kappa shape index (κ1) is 16.6. The number of hydrogen-bond donors (Lipinski definition) is 0. The van der Waals surface area contributed by atoms with Gasteiger partial charge < -0.3 is 9.47 Å². The largest absolute Gasteiger partial charge is 0.343 e. The number of allylic oxidation sites excluding steroid dienone is 3. The van der Waals surface area contributed by atoms with Crippen LogP contribution < -0.4 is 0 Å². The topological polar surface area (TPSA) is 52.6 Å². The Morgan fingerprint density at radius 1 is 1.55 bits per heavy atom. The van der Waals surface area contributed by atoms with Gasteiger partial charge in [-0.25, -0.2) is 0 Å². The molecule has 0 fully saturated rings. The number of thioether (sulfide) groups is 1. The van der Waals surface area contributed by atoms with Crippen molar-refractivity contribution in [1.29, 1.82) is 0 Å². The van der Waals surface area contributed by atoms with Gasteiger partial charge in [0.15, 0.2) is 0 Å². The normalized spacial score (nSPS) is 22.6. The highest BCUT2D eigenvalue weighted by molar-refractivity contribution is 8.13. The summed E-state index contributed by atoms with van der Waals surface area (Å²) in [5.41, 5.74) is 1.05. The number of carbonyl (C=O) groups excluding carboxylic acids is 2. The van der Waals surface area contributed by atoms with Crippen molar-refractivity contribution in [3.05, 3.63) is 48.1 Å². The van der Waals surface area contributed by atoms with Crippen molar-refractivity contribution in [1.82, 2.24) is 0 Å². The highest BCUT2D eigenvalue weighted by atomic mass is 32.2. The molecule has 0 aromatic heterocycles. The number of hydrogen-bond acceptors (Lipinski definition) is 5. The van der Waals surface area contributed by atoms with Gasteiger partial charge in [0, 0.05) is 12.7 Å². The molecule has 0 heterocycles. The van der Waals surface area contributed by atoms with Crippen LogP contribution in [0.2, 0.25) is 0 Å². The summed E-state index contributed by atoms with van der Waals surface area (Å²) in [5, 5.41) is -0.127. The maximum absolute atomic E-state index is 12.1. The highest BCUT2D eigenvalue weighted by Gasteiger charge is 2.40. The molecule has 1 unspecified atom stereocenters. The molecule has 0 aromatic carbocycles. The summed E-state index contributed by atoms with van der Waals surface area (Å²) in [6.45, 7) is 5.44. The number of ether oxygens (including phenoxy) is 2. The first-order valence-corrected chi connectivity index (χ1v) is 7.24. The van der Waals surface area contributed by atoms with Crippen molar-refractivity contribution in [2.24, 2.45) is 0 Å². The van der Waals surface area contributed by atoms with Gasteiger partial charge in [0.1, 0.15) is 0 Å². The Hall–Kier alpha value is -1.43. The lowest BCUT2D eigenvalue weighted by molar-refractivity contribution is -0.187. The number of methoxy groups -OCH3 is 1. The molecule has 5 heteroatoms. The fourth-order valence-corrected chi connectivity index (χ4v) is 2.17. The molecule has 0 bridgehead atoms. The van der Waals surface area contributed by atoms with E-state index in [1.54, 1.807) is 31.4 Å². The van der Waals surface area contributed by atoms with Crippen molar-refractivity contribution in [3.63, 3.8) is 0 Å². The highest BCUT2D eigenvalue weighted by Crippen LogP contribution is 2.29. The van der Waals surface area contributed by atoms with Gasteiger partial charge in [0.2, 0.25) is 10.9 Å². The second-order valence-electron chi connectivity index (χ2n) is 4.09. The van der Waals surface area contributed by atoms with Crippen molar-refractivity contribution in [2.75, 3.05) is 20.0 Å². The summed E-state index contributed by atoms with van der Waals surface area (Å²) < 4.78 is 10.7. The molecule has 0 aliphatic heterocycles. The lowest BCUT2D eigenvalue weighted by atomic mass is 9.94. The Bertz CT molecular complexity index is 502. The predicted molar refractivity (Wildman–Crippen MR) is 80.4 cm³/mol. The molecular formula is C15H18O4S. The third-order valence-corrected chi connectivity index (χ3v) is 3.42. The minimum absolute atomic E-state index is 0.127. The van der Waals surface area contributed by atoms with Gasteiger partial charge in [-0.05, 0) is 30.9 Å². The van der Waals surface area contributed by atoms with E-state index in [9.17, 15) is 9.59 Å². The standard InChI is InChI=1S/C15H18O4S/c1-5-6-7-8-19-15(18-3)10-12(14(17)20-4)11(2)9-13(15)16/h5-7,9-10H,1,8H2,2-4H3/b7-6+. The quantitative estimate of drug-likeness (QED) is 0.556. The molecule has 0 saturated heterocycles. The van der Waals surface area contributed by atoms with Gasteiger partial charge in [-0.2, -0.15) is 0 Å². The first-order valence-electron chi connectivity index (χ1n) is 6.01. The number of carbonyl (C=O) groups is 2.